The largest absolute Gasteiger partial charge is 0.482 e. The number of esters is 2. The molecule has 5 unspecified atom stereocenters. The maximum absolute atomic E-state index is 16.1. The van der Waals surface area contributed by atoms with E-state index in [-0.39, 0.29) is 59.4 Å². The van der Waals surface area contributed by atoms with E-state index in [1.54, 1.807) is 45.0 Å². The lowest BCUT2D eigenvalue weighted by molar-refractivity contribution is -0.373. The van der Waals surface area contributed by atoms with Gasteiger partial charge in [0.25, 0.3) is 0 Å². The van der Waals surface area contributed by atoms with Crippen LogP contribution in [0.15, 0.2) is 100 Å². The van der Waals surface area contributed by atoms with Crippen LogP contribution in [0, 0.1) is 23.7 Å². The summed E-state index contributed by atoms with van der Waals surface area (Å²) < 4.78 is 58.3. The molecule has 16 heteroatoms. The Morgan fingerprint density at radius 2 is 1.57 bits per heavy atom. The Balaban J connectivity index is 1.12. The third-order valence-corrected chi connectivity index (χ3v) is 17.9. The van der Waals surface area contributed by atoms with E-state index in [0.29, 0.717) is 63.4 Å². The second-order valence-electron chi connectivity index (χ2n) is 24.7. The average molecular weight is 1110 g/mol. The molecule has 0 amide bonds. The average Bonchev–Trinajstić information content (AvgIpc) is 2.88. The molecule has 6 aliphatic heterocycles. The number of Topliss-reactive ketones (excluding diaryl/α,β-unsaturated/α-hetero) is 2. The number of methoxy groups -OCH3 is 1. The van der Waals surface area contributed by atoms with Gasteiger partial charge in [0.15, 0.2) is 34.3 Å². The molecule has 3 aromatic rings. The Morgan fingerprint density at radius 3 is 2.26 bits per heavy atom. The number of aliphatic imine (C=N–C) groups is 1. The minimum Gasteiger partial charge on any atom is -0.482 e. The van der Waals surface area contributed by atoms with Gasteiger partial charge in [0, 0.05) is 52.0 Å². The first kappa shape index (κ1) is 56.3. The number of hydrogen-bond donors (Lipinski definition) is 2. The molecule has 1 saturated carbocycles. The molecular weight excluding hydrogens is 1030 g/mol. The molecule has 16 nitrogen and oxygen atoms in total. The molecule has 81 heavy (non-hydrogen) atoms. The van der Waals surface area contributed by atoms with E-state index in [0.717, 1.165) is 5.57 Å². The van der Waals surface area contributed by atoms with E-state index in [9.17, 15) is 15.0 Å². The van der Waals surface area contributed by atoms with Crippen molar-refractivity contribution < 1.29 is 72.0 Å². The summed E-state index contributed by atoms with van der Waals surface area (Å²) in [6, 6.07) is 13.5. The monoisotopic (exact) mass is 1110 g/mol. The van der Waals surface area contributed by atoms with Gasteiger partial charge in [0.1, 0.15) is 47.3 Å². The number of aliphatic hydroxyl groups is 2. The van der Waals surface area contributed by atoms with E-state index >= 15 is 14.4 Å². The second-order valence-corrected chi connectivity index (χ2v) is 24.7. The topological polar surface area (TPSA) is 204 Å². The van der Waals surface area contributed by atoms with Crippen LogP contribution in [0.4, 0.5) is 0 Å². The number of carbonyl (C=O) groups excluding carboxylic acids is 4. The number of ketones is 2. The van der Waals surface area contributed by atoms with Crippen molar-refractivity contribution in [3.05, 3.63) is 129 Å². The number of hydrogen-bond acceptors (Lipinski definition) is 16. The van der Waals surface area contributed by atoms with E-state index in [1.807, 2.05) is 78.8 Å². The van der Waals surface area contributed by atoms with Crippen LogP contribution in [-0.2, 0) is 39.7 Å². The van der Waals surface area contributed by atoms with Crippen molar-refractivity contribution in [1.29, 1.82) is 0 Å². The third kappa shape index (κ3) is 8.98. The molecule has 1 spiro atoms. The Kier molecular flexibility index (Phi) is 14.0. The fourth-order valence-electron chi connectivity index (χ4n) is 13.5. The molecule has 428 valence electrons. The van der Waals surface area contributed by atoms with Crippen LogP contribution in [0.25, 0.3) is 11.8 Å². The number of ether oxygens (including phenoxy) is 9. The van der Waals surface area contributed by atoms with Crippen molar-refractivity contribution in [3.8, 4) is 23.0 Å². The summed E-state index contributed by atoms with van der Waals surface area (Å²) in [5, 5.41) is 22.2. The second kappa shape index (κ2) is 20.1. The summed E-state index contributed by atoms with van der Waals surface area (Å²) in [6.45, 7) is 23.0. The highest BCUT2D eigenvalue weighted by atomic mass is 16.8. The summed E-state index contributed by atoms with van der Waals surface area (Å²) in [5.74, 6) is -4.87. The first-order chi connectivity index (χ1) is 38.3. The molecule has 4 fully saturated rings. The Bertz CT molecular complexity index is 3350. The van der Waals surface area contributed by atoms with Gasteiger partial charge in [0.2, 0.25) is 6.29 Å². The van der Waals surface area contributed by atoms with Crippen LogP contribution in [0.2, 0.25) is 0 Å². The number of rotatable bonds is 12. The number of nitrogens with zero attached hydrogens (tertiary/aromatic N) is 1. The zero-order valence-corrected chi connectivity index (χ0v) is 48.4. The van der Waals surface area contributed by atoms with E-state index in [4.69, 9.17) is 47.6 Å². The molecule has 0 aromatic heterocycles. The van der Waals surface area contributed by atoms with Gasteiger partial charge in [0.05, 0.1) is 53.3 Å². The van der Waals surface area contributed by atoms with Crippen LogP contribution < -0.4 is 18.9 Å². The first-order valence-electron chi connectivity index (χ1n) is 28.1. The summed E-state index contributed by atoms with van der Waals surface area (Å²) >= 11 is 0. The minimum atomic E-state index is -1.79. The van der Waals surface area contributed by atoms with E-state index < -0.39 is 94.5 Å². The van der Waals surface area contributed by atoms with Gasteiger partial charge in [-0.25, -0.2) is 9.59 Å². The highest BCUT2D eigenvalue weighted by Gasteiger charge is 2.80. The standard InChI is InChI=1S/C65H73NO15/c1-32(2)17-16-28-63(12)29-27-42-53(79-63)41(25-20-33(3)4)55-46(54(42)77-59(72)37-21-23-38(24-22-37)75-60-52(69)51(68)56-43(76-60)31-74-62(10,11)78-56)49-47-44(45-48(66-49)39-18-14-15-19-40(39)50(45)67)35(6)57(70)64(30-26-34(5)58(71)73-13)65(47,80-55)36(7)61(8,9)81-64/h14-15,17-24,26-27,29,35-36,43-45,51-52,56,60,68-69H,16,25,28,30-31H2,1-13H3/b34-26-/t35-,36+,43+,44?,45?,51+,52+,56+,60+,63?,64?,65?/m0/s1. The zero-order chi connectivity index (χ0) is 58.0. The van der Waals surface area contributed by atoms with Gasteiger partial charge in [-0.15, -0.1) is 0 Å². The molecule has 0 radical (unpaired) electrons. The normalized spacial score (nSPS) is 32.5. The van der Waals surface area contributed by atoms with Crippen molar-refractivity contribution in [3.63, 3.8) is 0 Å². The summed E-state index contributed by atoms with van der Waals surface area (Å²) in [5.41, 5.74) is 1.26. The smallest absolute Gasteiger partial charge is 0.343 e. The van der Waals surface area contributed by atoms with Gasteiger partial charge in [-0.2, -0.15) is 0 Å². The molecule has 3 aromatic carbocycles. The molecular formula is C65H73NO15. The summed E-state index contributed by atoms with van der Waals surface area (Å²) in [4.78, 5) is 65.1. The van der Waals surface area contributed by atoms with Gasteiger partial charge in [-0.05, 0) is 125 Å². The van der Waals surface area contributed by atoms with Gasteiger partial charge in [-0.1, -0.05) is 67.5 Å². The minimum absolute atomic E-state index is 0.0920. The highest BCUT2D eigenvalue weighted by molar-refractivity contribution is 6.31. The summed E-state index contributed by atoms with van der Waals surface area (Å²) in [6.07, 6.45) is 5.68. The molecule has 8 aliphatic rings. The predicted octanol–water partition coefficient (Wildman–Crippen LogP) is 9.99. The Hall–Kier alpha value is -6.53. The number of fused-ring (bicyclic) bond motifs is 8. The number of carbonyl (C=O) groups is 4. The molecule has 6 heterocycles. The van der Waals surface area contributed by atoms with Crippen LogP contribution in [-0.4, -0.2) is 112 Å². The fourth-order valence-corrected chi connectivity index (χ4v) is 13.5. The van der Waals surface area contributed by atoms with Gasteiger partial charge in [-0.3, -0.25) is 14.6 Å². The third-order valence-electron chi connectivity index (χ3n) is 17.9. The molecule has 11 rings (SSSR count). The lowest BCUT2D eigenvalue weighted by atomic mass is 9.51. The van der Waals surface area contributed by atoms with Crippen LogP contribution in [0.3, 0.4) is 0 Å². The van der Waals surface area contributed by atoms with Crippen LogP contribution in [0.1, 0.15) is 145 Å². The molecule has 3 saturated heterocycles. The number of aliphatic hydroxyl groups excluding tert-OH is 2. The number of allylic oxidation sites excluding steroid dienone is 4. The maximum Gasteiger partial charge on any atom is 0.343 e. The SMILES string of the molecule is COC(=O)/C(C)=C\CC12OC(C)(C)[C@@H](C)C13Oc1c(CC=C(C)C)c4c(c(OC(=O)c5ccc(O[C@@H]6O[C@@H]7COC(C)(C)O[C@H]7[C@H](O)[C@H]6O)cc5)c1C1=C3C(C3C(=O)c5ccccc5C3=N1)[C@H](C)C2=O)C=CC(C)(CCC=C(C)C)O4. The van der Waals surface area contributed by atoms with E-state index in [2.05, 4.69) is 26.0 Å². The predicted molar refractivity (Wildman–Crippen MR) is 300 cm³/mol. The maximum atomic E-state index is 16.1. The quantitative estimate of drug-likeness (QED) is 0.0750. The molecule has 2 N–H and O–H groups in total. The van der Waals surface area contributed by atoms with Gasteiger partial charge >= 0.3 is 11.9 Å². The Labute approximate surface area is 472 Å². The van der Waals surface area contributed by atoms with Crippen LogP contribution in [0.5, 0.6) is 23.0 Å². The van der Waals surface area contributed by atoms with Crippen molar-refractivity contribution in [2.24, 2.45) is 28.7 Å². The van der Waals surface area contributed by atoms with Crippen molar-refractivity contribution >= 4 is 41.0 Å². The molecule has 2 aliphatic carbocycles. The van der Waals surface area contributed by atoms with Gasteiger partial charge < -0.3 is 52.8 Å². The Morgan fingerprint density at radius 1 is 0.864 bits per heavy atom. The number of benzene rings is 3. The fraction of sp³-hybridized carbons (Fsp3) is 0.492. The molecule has 12 atom stereocenters. The molecule has 0 bridgehead atoms. The summed E-state index contributed by atoms with van der Waals surface area (Å²) in [7, 11) is 1.30. The highest BCUT2D eigenvalue weighted by Crippen LogP contribution is 2.70. The lowest BCUT2D eigenvalue weighted by Gasteiger charge is -2.58. The lowest BCUT2D eigenvalue weighted by Crippen LogP contribution is -2.71. The zero-order valence-electron chi connectivity index (χ0n) is 48.4. The van der Waals surface area contributed by atoms with Crippen molar-refractivity contribution in [2.75, 3.05) is 13.7 Å². The van der Waals surface area contributed by atoms with Crippen LogP contribution >= 0.6 is 0 Å². The van der Waals surface area contributed by atoms with Crippen molar-refractivity contribution in [1.82, 2.24) is 0 Å². The van der Waals surface area contributed by atoms with E-state index in [1.165, 1.54) is 24.8 Å². The first-order valence-corrected chi connectivity index (χ1v) is 28.1. The van der Waals surface area contributed by atoms with Crippen molar-refractivity contribution in [2.45, 2.75) is 168 Å².